The van der Waals surface area contributed by atoms with Gasteiger partial charge in [-0.25, -0.2) is 0 Å². The van der Waals surface area contributed by atoms with E-state index in [1.165, 1.54) is 11.8 Å². The number of rotatable bonds is 4. The highest BCUT2D eigenvalue weighted by atomic mass is 32.2. The van der Waals surface area contributed by atoms with E-state index in [1.54, 1.807) is 0 Å². The SMILES string of the molecule is CC1CN(c2nnc(SCC(=O)O)n2C)CC1C. The fraction of sp³-hybridized carbons (Fsp3) is 0.727. The summed E-state index contributed by atoms with van der Waals surface area (Å²) in [6.45, 7) is 6.44. The third-order valence-corrected chi connectivity index (χ3v) is 4.41. The van der Waals surface area contributed by atoms with Crippen LogP contribution in [0.2, 0.25) is 0 Å². The summed E-state index contributed by atoms with van der Waals surface area (Å²) in [5, 5.41) is 17.5. The van der Waals surface area contributed by atoms with Crippen molar-refractivity contribution in [1.82, 2.24) is 14.8 Å². The van der Waals surface area contributed by atoms with Gasteiger partial charge in [0.1, 0.15) is 0 Å². The van der Waals surface area contributed by atoms with Crippen molar-refractivity contribution in [3.8, 4) is 0 Å². The number of anilines is 1. The van der Waals surface area contributed by atoms with Gasteiger partial charge >= 0.3 is 5.97 Å². The molecule has 0 radical (unpaired) electrons. The molecular weight excluding hydrogens is 252 g/mol. The summed E-state index contributed by atoms with van der Waals surface area (Å²) >= 11 is 1.20. The number of carbonyl (C=O) groups is 1. The average Bonchev–Trinajstić information content (AvgIpc) is 2.81. The topological polar surface area (TPSA) is 71.2 Å². The first-order valence-electron chi connectivity index (χ1n) is 5.98. The van der Waals surface area contributed by atoms with Gasteiger partial charge < -0.3 is 10.0 Å². The molecule has 1 saturated heterocycles. The fourth-order valence-corrected chi connectivity index (χ4v) is 2.75. The maximum atomic E-state index is 10.5. The van der Waals surface area contributed by atoms with Gasteiger partial charge in [0.15, 0.2) is 5.16 Å². The van der Waals surface area contributed by atoms with Gasteiger partial charge in [0.05, 0.1) is 5.75 Å². The van der Waals surface area contributed by atoms with E-state index in [4.69, 9.17) is 5.11 Å². The summed E-state index contributed by atoms with van der Waals surface area (Å²) in [6, 6.07) is 0. The van der Waals surface area contributed by atoms with Crippen molar-refractivity contribution in [2.24, 2.45) is 18.9 Å². The zero-order valence-electron chi connectivity index (χ0n) is 10.8. The van der Waals surface area contributed by atoms with E-state index in [1.807, 2.05) is 11.6 Å². The lowest BCUT2D eigenvalue weighted by Gasteiger charge is -2.16. The zero-order valence-corrected chi connectivity index (χ0v) is 11.6. The van der Waals surface area contributed by atoms with Crippen molar-refractivity contribution in [3.05, 3.63) is 0 Å². The molecule has 1 N–H and O–H groups in total. The van der Waals surface area contributed by atoms with Crippen LogP contribution in [-0.4, -0.2) is 44.7 Å². The van der Waals surface area contributed by atoms with Crippen molar-refractivity contribution in [2.75, 3.05) is 23.7 Å². The van der Waals surface area contributed by atoms with E-state index >= 15 is 0 Å². The number of thioether (sulfide) groups is 1. The van der Waals surface area contributed by atoms with Crippen LogP contribution in [-0.2, 0) is 11.8 Å². The van der Waals surface area contributed by atoms with Crippen molar-refractivity contribution >= 4 is 23.7 Å². The standard InChI is InChI=1S/C11H18N4O2S/c1-7-4-15(5-8(7)2)10-12-13-11(14(10)3)18-6-9(16)17/h7-8H,4-6H2,1-3H3,(H,16,17). The minimum Gasteiger partial charge on any atom is -0.481 e. The third-order valence-electron chi connectivity index (χ3n) is 3.41. The molecule has 0 amide bonds. The Labute approximate surface area is 110 Å². The Balaban J connectivity index is 2.09. The van der Waals surface area contributed by atoms with Crippen LogP contribution < -0.4 is 4.90 Å². The Morgan fingerprint density at radius 2 is 2.00 bits per heavy atom. The molecule has 0 aromatic carbocycles. The molecule has 0 saturated carbocycles. The van der Waals surface area contributed by atoms with Gasteiger partial charge in [0.2, 0.25) is 5.95 Å². The second-order valence-electron chi connectivity index (χ2n) is 4.88. The van der Waals surface area contributed by atoms with Crippen LogP contribution in [0.3, 0.4) is 0 Å². The van der Waals surface area contributed by atoms with Gasteiger partial charge in [-0.1, -0.05) is 25.6 Å². The van der Waals surface area contributed by atoms with Crippen LogP contribution in [0, 0.1) is 11.8 Å². The lowest BCUT2D eigenvalue weighted by Crippen LogP contribution is -2.23. The second kappa shape index (κ2) is 5.17. The number of carboxylic acid groups (broad SMARTS) is 1. The smallest absolute Gasteiger partial charge is 0.313 e. The van der Waals surface area contributed by atoms with E-state index in [0.717, 1.165) is 19.0 Å². The quantitative estimate of drug-likeness (QED) is 0.826. The molecule has 18 heavy (non-hydrogen) atoms. The molecule has 1 aliphatic rings. The highest BCUT2D eigenvalue weighted by molar-refractivity contribution is 7.99. The van der Waals surface area contributed by atoms with Gasteiger partial charge in [0.25, 0.3) is 0 Å². The molecule has 2 unspecified atom stereocenters. The Kier molecular flexibility index (Phi) is 3.79. The molecule has 1 aromatic rings. The molecule has 2 heterocycles. The first-order chi connectivity index (χ1) is 8.49. The minimum atomic E-state index is -0.840. The number of carboxylic acids is 1. The summed E-state index contributed by atoms with van der Waals surface area (Å²) in [6.07, 6.45) is 0. The van der Waals surface area contributed by atoms with E-state index < -0.39 is 5.97 Å². The molecule has 0 aliphatic carbocycles. The molecule has 1 aliphatic heterocycles. The van der Waals surface area contributed by atoms with Crippen molar-refractivity contribution in [1.29, 1.82) is 0 Å². The Morgan fingerprint density at radius 1 is 1.39 bits per heavy atom. The number of aliphatic carboxylic acids is 1. The Bertz CT molecular complexity index is 438. The minimum absolute atomic E-state index is 0.0127. The van der Waals surface area contributed by atoms with Crippen LogP contribution in [0.5, 0.6) is 0 Å². The molecule has 6 nitrogen and oxygen atoms in total. The van der Waals surface area contributed by atoms with Gasteiger partial charge in [0, 0.05) is 20.1 Å². The summed E-state index contributed by atoms with van der Waals surface area (Å²) < 4.78 is 1.87. The van der Waals surface area contributed by atoms with E-state index in [-0.39, 0.29) is 5.75 Å². The fourth-order valence-electron chi connectivity index (χ4n) is 2.13. The summed E-state index contributed by atoms with van der Waals surface area (Å²) in [5.41, 5.74) is 0. The zero-order chi connectivity index (χ0) is 13.3. The normalized spacial score (nSPS) is 23.6. The van der Waals surface area contributed by atoms with E-state index in [9.17, 15) is 4.79 Å². The number of aromatic nitrogens is 3. The van der Waals surface area contributed by atoms with Gasteiger partial charge in [-0.15, -0.1) is 10.2 Å². The lowest BCUT2D eigenvalue weighted by molar-refractivity contribution is -0.133. The molecule has 0 spiro atoms. The van der Waals surface area contributed by atoms with E-state index in [2.05, 4.69) is 28.9 Å². The van der Waals surface area contributed by atoms with Gasteiger partial charge in [-0.3, -0.25) is 9.36 Å². The number of hydrogen-bond donors (Lipinski definition) is 1. The van der Waals surface area contributed by atoms with Crippen LogP contribution >= 0.6 is 11.8 Å². The Hall–Kier alpha value is -1.24. The Morgan fingerprint density at radius 3 is 2.56 bits per heavy atom. The summed E-state index contributed by atoms with van der Waals surface area (Å²) in [4.78, 5) is 12.8. The predicted molar refractivity (Wildman–Crippen MR) is 69.9 cm³/mol. The largest absolute Gasteiger partial charge is 0.481 e. The van der Waals surface area contributed by atoms with Crippen LogP contribution in [0.15, 0.2) is 5.16 Å². The average molecular weight is 270 g/mol. The molecule has 1 aromatic heterocycles. The molecule has 100 valence electrons. The summed E-state index contributed by atoms with van der Waals surface area (Å²) in [7, 11) is 1.88. The molecule has 1 fully saturated rings. The highest BCUT2D eigenvalue weighted by Crippen LogP contribution is 2.28. The lowest BCUT2D eigenvalue weighted by atomic mass is 10.0. The van der Waals surface area contributed by atoms with Crippen molar-refractivity contribution in [3.63, 3.8) is 0 Å². The molecule has 2 atom stereocenters. The first kappa shape index (κ1) is 13.2. The highest BCUT2D eigenvalue weighted by Gasteiger charge is 2.29. The monoisotopic (exact) mass is 270 g/mol. The molecule has 0 bridgehead atoms. The van der Waals surface area contributed by atoms with E-state index in [0.29, 0.717) is 17.0 Å². The van der Waals surface area contributed by atoms with Crippen LogP contribution in [0.25, 0.3) is 0 Å². The summed E-state index contributed by atoms with van der Waals surface area (Å²) in [5.74, 6) is 1.30. The maximum absolute atomic E-state index is 10.5. The molecule has 7 heteroatoms. The van der Waals surface area contributed by atoms with Crippen molar-refractivity contribution < 1.29 is 9.90 Å². The number of hydrogen-bond acceptors (Lipinski definition) is 5. The van der Waals surface area contributed by atoms with Crippen molar-refractivity contribution in [2.45, 2.75) is 19.0 Å². The van der Waals surface area contributed by atoms with Gasteiger partial charge in [-0.05, 0) is 11.8 Å². The molecule has 2 rings (SSSR count). The first-order valence-corrected chi connectivity index (χ1v) is 6.96. The maximum Gasteiger partial charge on any atom is 0.313 e. The molecular formula is C11H18N4O2S. The number of nitrogens with zero attached hydrogens (tertiary/aromatic N) is 4. The second-order valence-corrected chi connectivity index (χ2v) is 5.83. The predicted octanol–water partition coefficient (Wildman–Crippen LogP) is 1.08. The third kappa shape index (κ3) is 2.60. The van der Waals surface area contributed by atoms with Crippen LogP contribution in [0.4, 0.5) is 5.95 Å². The van der Waals surface area contributed by atoms with Crippen LogP contribution in [0.1, 0.15) is 13.8 Å². The van der Waals surface area contributed by atoms with Gasteiger partial charge in [-0.2, -0.15) is 0 Å².